The second-order valence-electron chi connectivity index (χ2n) is 5.30. The third-order valence-corrected chi connectivity index (χ3v) is 2.49. The van der Waals surface area contributed by atoms with Crippen LogP contribution in [0.3, 0.4) is 0 Å². The Hall–Kier alpha value is -1.02. The van der Waals surface area contributed by atoms with Gasteiger partial charge in [0.25, 0.3) is 0 Å². The number of hydrogen-bond donors (Lipinski definition) is 1. The van der Waals surface area contributed by atoms with Crippen molar-refractivity contribution < 1.29 is 32.5 Å². The predicted molar refractivity (Wildman–Crippen MR) is 59.6 cm³/mol. The lowest BCUT2D eigenvalue weighted by Crippen LogP contribution is -2.58. The van der Waals surface area contributed by atoms with Crippen LogP contribution in [0.1, 0.15) is 20.8 Å². The summed E-state index contributed by atoms with van der Waals surface area (Å²) in [6.07, 6.45) is -8.35. The number of hydrogen-bond acceptors (Lipinski definition) is 4. The smallest absolute Gasteiger partial charge is 0.416 e. The van der Waals surface area contributed by atoms with Crippen molar-refractivity contribution in [2.45, 2.75) is 44.7 Å². The van der Waals surface area contributed by atoms with Gasteiger partial charge in [-0.1, -0.05) is 0 Å². The van der Waals surface area contributed by atoms with Crippen molar-refractivity contribution in [1.29, 1.82) is 0 Å². The number of morpholine rings is 1. The second-order valence-corrected chi connectivity index (χ2v) is 5.30. The molecule has 1 aliphatic rings. The van der Waals surface area contributed by atoms with Crippen LogP contribution in [0.15, 0.2) is 0 Å². The summed E-state index contributed by atoms with van der Waals surface area (Å²) in [5, 5.41) is 9.27. The molecule has 1 fully saturated rings. The van der Waals surface area contributed by atoms with E-state index in [1.807, 2.05) is 0 Å². The summed E-state index contributed by atoms with van der Waals surface area (Å²) in [7, 11) is 0. The van der Waals surface area contributed by atoms with Gasteiger partial charge in [-0.3, -0.25) is 4.90 Å². The highest BCUT2D eigenvalue weighted by Crippen LogP contribution is 2.27. The molecule has 0 spiro atoms. The van der Waals surface area contributed by atoms with Crippen LogP contribution in [0.4, 0.5) is 18.0 Å². The zero-order valence-electron chi connectivity index (χ0n) is 11.0. The number of amides is 1. The van der Waals surface area contributed by atoms with E-state index in [-0.39, 0.29) is 19.8 Å². The molecular formula is C11H18F3NO4. The summed E-state index contributed by atoms with van der Waals surface area (Å²) in [4.78, 5) is 12.7. The quantitative estimate of drug-likeness (QED) is 0.794. The van der Waals surface area contributed by atoms with Gasteiger partial charge in [-0.2, -0.15) is 13.2 Å². The van der Waals surface area contributed by atoms with Crippen LogP contribution in [0.25, 0.3) is 0 Å². The van der Waals surface area contributed by atoms with Gasteiger partial charge in [0.05, 0.1) is 19.3 Å². The summed E-state index contributed by atoms with van der Waals surface area (Å²) >= 11 is 0. The van der Waals surface area contributed by atoms with Crippen LogP contribution in [0, 0.1) is 0 Å². The minimum atomic E-state index is -4.81. The Morgan fingerprint density at radius 2 is 2.00 bits per heavy atom. The lowest BCUT2D eigenvalue weighted by Gasteiger charge is -2.39. The zero-order chi connectivity index (χ0) is 14.8. The van der Waals surface area contributed by atoms with Crippen LogP contribution in [-0.4, -0.2) is 59.8 Å². The summed E-state index contributed by atoms with van der Waals surface area (Å²) in [6, 6.07) is -1.48. The summed E-state index contributed by atoms with van der Waals surface area (Å²) in [5.74, 6) is 0. The number of halogens is 3. The molecule has 112 valence electrons. The number of nitrogens with zero attached hydrogens (tertiary/aromatic N) is 1. The van der Waals surface area contributed by atoms with Gasteiger partial charge in [-0.15, -0.1) is 0 Å². The van der Waals surface area contributed by atoms with Gasteiger partial charge in [0.1, 0.15) is 5.60 Å². The van der Waals surface area contributed by atoms with Crippen molar-refractivity contribution in [3.8, 4) is 0 Å². The van der Waals surface area contributed by atoms with E-state index in [1.54, 1.807) is 20.8 Å². The molecule has 0 bridgehead atoms. The third-order valence-electron chi connectivity index (χ3n) is 2.49. The Morgan fingerprint density at radius 3 is 2.47 bits per heavy atom. The van der Waals surface area contributed by atoms with Gasteiger partial charge >= 0.3 is 12.3 Å². The summed E-state index contributed by atoms with van der Waals surface area (Å²) in [6.45, 7) is 4.52. The number of alkyl halides is 3. The first-order chi connectivity index (χ1) is 8.52. The van der Waals surface area contributed by atoms with E-state index in [2.05, 4.69) is 0 Å². The molecule has 1 rings (SSSR count). The standard InChI is InChI=1S/C11H18F3NO4/c1-10(2,3)19-9(17)15-4-5-18-6-7(15)8(16)11(12,13)14/h7-8,16H,4-6H2,1-3H3/t7?,8-/m0/s1. The first-order valence-corrected chi connectivity index (χ1v) is 5.84. The number of carbonyl (C=O) groups is 1. The number of aliphatic hydroxyl groups excluding tert-OH is 1. The van der Waals surface area contributed by atoms with Crippen LogP contribution in [-0.2, 0) is 9.47 Å². The van der Waals surface area contributed by atoms with E-state index in [0.717, 1.165) is 4.90 Å². The molecule has 19 heavy (non-hydrogen) atoms. The minimum Gasteiger partial charge on any atom is -0.444 e. The first kappa shape index (κ1) is 16.0. The fraction of sp³-hybridized carbons (Fsp3) is 0.909. The van der Waals surface area contributed by atoms with Crippen molar-refractivity contribution in [1.82, 2.24) is 4.90 Å². The molecule has 8 heteroatoms. The lowest BCUT2D eigenvalue weighted by molar-refractivity contribution is -0.230. The zero-order valence-corrected chi connectivity index (χ0v) is 11.0. The molecule has 1 aliphatic heterocycles. The molecule has 0 aromatic heterocycles. The highest BCUT2D eigenvalue weighted by Gasteiger charge is 2.48. The van der Waals surface area contributed by atoms with Gasteiger partial charge in [0.2, 0.25) is 0 Å². The van der Waals surface area contributed by atoms with Gasteiger partial charge in [0.15, 0.2) is 6.10 Å². The molecule has 1 amide bonds. The molecular weight excluding hydrogens is 267 g/mol. The molecule has 2 atom stereocenters. The Balaban J connectivity index is 2.81. The van der Waals surface area contributed by atoms with Crippen molar-refractivity contribution in [3.05, 3.63) is 0 Å². The Labute approximate surface area is 109 Å². The van der Waals surface area contributed by atoms with E-state index >= 15 is 0 Å². The molecule has 1 unspecified atom stereocenters. The maximum atomic E-state index is 12.5. The fourth-order valence-electron chi connectivity index (χ4n) is 1.65. The maximum absolute atomic E-state index is 12.5. The summed E-state index contributed by atoms with van der Waals surface area (Å²) < 4.78 is 47.5. The van der Waals surface area contributed by atoms with Crippen molar-refractivity contribution in [2.75, 3.05) is 19.8 Å². The minimum absolute atomic E-state index is 0.0489. The van der Waals surface area contributed by atoms with E-state index < -0.39 is 30.0 Å². The van der Waals surface area contributed by atoms with E-state index in [1.165, 1.54) is 0 Å². The predicted octanol–water partition coefficient (Wildman–Crippen LogP) is 1.55. The van der Waals surface area contributed by atoms with Gasteiger partial charge in [0, 0.05) is 6.54 Å². The van der Waals surface area contributed by atoms with Crippen LogP contribution >= 0.6 is 0 Å². The molecule has 1 heterocycles. The molecule has 1 saturated heterocycles. The molecule has 0 aromatic rings. The van der Waals surface area contributed by atoms with Crippen LogP contribution < -0.4 is 0 Å². The Kier molecular flexibility index (Phi) is 4.67. The topological polar surface area (TPSA) is 59.0 Å². The van der Waals surface area contributed by atoms with Crippen molar-refractivity contribution >= 4 is 6.09 Å². The molecule has 0 saturated carbocycles. The molecule has 0 radical (unpaired) electrons. The number of rotatable bonds is 1. The SMILES string of the molecule is CC(C)(C)OC(=O)N1CCOCC1[C@H](O)C(F)(F)F. The molecule has 5 nitrogen and oxygen atoms in total. The van der Waals surface area contributed by atoms with Gasteiger partial charge in [-0.25, -0.2) is 4.79 Å². The normalized spacial score (nSPS) is 23.1. The average molecular weight is 285 g/mol. The molecule has 0 aliphatic carbocycles. The van der Waals surface area contributed by atoms with Crippen LogP contribution in [0.5, 0.6) is 0 Å². The third kappa shape index (κ3) is 4.54. The van der Waals surface area contributed by atoms with Crippen LogP contribution in [0.2, 0.25) is 0 Å². The largest absolute Gasteiger partial charge is 0.444 e. The Morgan fingerprint density at radius 1 is 1.42 bits per heavy atom. The molecule has 0 aromatic carbocycles. The van der Waals surface area contributed by atoms with E-state index in [4.69, 9.17) is 9.47 Å². The van der Waals surface area contributed by atoms with Crippen molar-refractivity contribution in [3.63, 3.8) is 0 Å². The number of ether oxygens (including phenoxy) is 2. The first-order valence-electron chi connectivity index (χ1n) is 5.84. The fourth-order valence-corrected chi connectivity index (χ4v) is 1.65. The highest BCUT2D eigenvalue weighted by atomic mass is 19.4. The number of aliphatic hydroxyl groups is 1. The van der Waals surface area contributed by atoms with Crippen molar-refractivity contribution in [2.24, 2.45) is 0 Å². The lowest BCUT2D eigenvalue weighted by atomic mass is 10.1. The second kappa shape index (κ2) is 5.54. The van der Waals surface area contributed by atoms with E-state index in [0.29, 0.717) is 0 Å². The number of carbonyl (C=O) groups excluding carboxylic acids is 1. The van der Waals surface area contributed by atoms with E-state index in [9.17, 15) is 23.1 Å². The highest BCUT2D eigenvalue weighted by molar-refractivity contribution is 5.68. The molecule has 1 N–H and O–H groups in total. The summed E-state index contributed by atoms with van der Waals surface area (Å²) in [5.41, 5.74) is -0.816. The maximum Gasteiger partial charge on any atom is 0.416 e. The van der Waals surface area contributed by atoms with Gasteiger partial charge < -0.3 is 14.6 Å². The average Bonchev–Trinajstić information content (AvgIpc) is 2.24. The monoisotopic (exact) mass is 285 g/mol. The Bertz CT molecular complexity index is 327. The van der Waals surface area contributed by atoms with Gasteiger partial charge in [-0.05, 0) is 20.8 Å².